The largest absolute Gasteiger partial charge is 0.0843 e. The minimum absolute atomic E-state index is 0.283. The van der Waals surface area contributed by atoms with Gasteiger partial charge in [-0.05, 0) is 64.9 Å². The first-order valence-electron chi connectivity index (χ1n) is 7.61. The van der Waals surface area contributed by atoms with Crippen LogP contribution in [0, 0.1) is 13.8 Å². The van der Waals surface area contributed by atoms with E-state index < -0.39 is 0 Å². The highest BCUT2D eigenvalue weighted by atomic mass is 35.5. The van der Waals surface area contributed by atoms with E-state index >= 15 is 0 Å². The quantitative estimate of drug-likeness (QED) is 0.397. The zero-order valence-corrected chi connectivity index (χ0v) is 13.5. The van der Waals surface area contributed by atoms with Crippen molar-refractivity contribution >= 4 is 11.6 Å². The van der Waals surface area contributed by atoms with Crippen molar-refractivity contribution in [1.29, 1.82) is 0 Å². The average Bonchev–Trinajstić information content (AvgIpc) is 2.85. The second-order valence-corrected chi connectivity index (χ2v) is 6.50. The maximum Gasteiger partial charge on any atom is 0.0409 e. The monoisotopic (exact) mass is 304 g/mol. The Labute approximate surface area is 136 Å². The number of rotatable bonds is 1. The molecule has 0 fully saturated rings. The summed E-state index contributed by atoms with van der Waals surface area (Å²) in [6.07, 6.45) is 0. The molecule has 1 aliphatic rings. The smallest absolute Gasteiger partial charge is 0.0409 e. The summed E-state index contributed by atoms with van der Waals surface area (Å²) in [7, 11) is 0. The summed E-state index contributed by atoms with van der Waals surface area (Å²) in [4.78, 5) is 0. The molecule has 0 N–H and O–H groups in total. The predicted octanol–water partition coefficient (Wildman–Crippen LogP) is 6.12. The number of aryl methyl sites for hydroxylation is 2. The van der Waals surface area contributed by atoms with Gasteiger partial charge in [0.25, 0.3) is 0 Å². The molecule has 0 aliphatic heterocycles. The molecule has 4 rings (SSSR count). The Bertz CT molecular complexity index is 825. The van der Waals surface area contributed by atoms with Gasteiger partial charge in [0.2, 0.25) is 0 Å². The summed E-state index contributed by atoms with van der Waals surface area (Å²) >= 11 is 6.26. The molecule has 22 heavy (non-hydrogen) atoms. The van der Waals surface area contributed by atoms with E-state index in [1.165, 1.54) is 38.9 Å². The van der Waals surface area contributed by atoms with Crippen LogP contribution in [-0.2, 0) is 0 Å². The van der Waals surface area contributed by atoms with E-state index in [0.717, 1.165) is 5.02 Å². The Balaban J connectivity index is 2.07. The first-order valence-corrected chi connectivity index (χ1v) is 7.99. The van der Waals surface area contributed by atoms with E-state index in [-0.39, 0.29) is 5.92 Å². The molecule has 1 aliphatic carbocycles. The second kappa shape index (κ2) is 5.00. The molecule has 0 nitrogen and oxygen atoms in total. The maximum atomic E-state index is 6.26. The van der Waals surface area contributed by atoms with Crippen molar-refractivity contribution in [2.75, 3.05) is 0 Å². The number of fused-ring (bicyclic) bond motifs is 3. The Morgan fingerprint density at radius 2 is 1.27 bits per heavy atom. The molecule has 3 aromatic carbocycles. The summed E-state index contributed by atoms with van der Waals surface area (Å²) in [6.45, 7) is 4.41. The molecule has 0 heterocycles. The van der Waals surface area contributed by atoms with Gasteiger partial charge in [-0.3, -0.25) is 0 Å². The summed E-state index contributed by atoms with van der Waals surface area (Å²) in [6, 6.07) is 21.5. The summed E-state index contributed by atoms with van der Waals surface area (Å²) in [5, 5.41) is 0.801. The summed E-state index contributed by atoms with van der Waals surface area (Å²) in [5.74, 6) is 0.283. The van der Waals surface area contributed by atoms with Crippen molar-refractivity contribution in [2.24, 2.45) is 0 Å². The molecule has 0 radical (unpaired) electrons. The second-order valence-electron chi connectivity index (χ2n) is 6.06. The minimum Gasteiger partial charge on any atom is -0.0843 e. The highest BCUT2D eigenvalue weighted by Gasteiger charge is 2.32. The van der Waals surface area contributed by atoms with Crippen LogP contribution in [0.4, 0.5) is 0 Å². The maximum absolute atomic E-state index is 6.26. The highest BCUT2D eigenvalue weighted by molar-refractivity contribution is 6.30. The van der Waals surface area contributed by atoms with Crippen LogP contribution in [0.2, 0.25) is 5.02 Å². The number of hydrogen-bond acceptors (Lipinski definition) is 0. The molecule has 0 aromatic heterocycles. The molecule has 0 saturated carbocycles. The summed E-state index contributed by atoms with van der Waals surface area (Å²) in [5.41, 5.74) is 9.54. The van der Waals surface area contributed by atoms with Gasteiger partial charge in [-0.25, -0.2) is 0 Å². The lowest BCUT2D eigenvalue weighted by Crippen LogP contribution is -2.02. The highest BCUT2D eigenvalue weighted by Crippen LogP contribution is 2.50. The summed E-state index contributed by atoms with van der Waals surface area (Å²) < 4.78 is 0. The van der Waals surface area contributed by atoms with Gasteiger partial charge < -0.3 is 0 Å². The Hall–Kier alpha value is -2.05. The Morgan fingerprint density at radius 1 is 0.727 bits per heavy atom. The van der Waals surface area contributed by atoms with Crippen LogP contribution in [-0.4, -0.2) is 0 Å². The third-order valence-electron chi connectivity index (χ3n) is 4.70. The van der Waals surface area contributed by atoms with Gasteiger partial charge in [-0.1, -0.05) is 60.1 Å². The van der Waals surface area contributed by atoms with E-state index in [2.05, 4.69) is 62.4 Å². The van der Waals surface area contributed by atoms with Gasteiger partial charge in [0.1, 0.15) is 0 Å². The van der Waals surface area contributed by atoms with E-state index in [1.807, 2.05) is 12.1 Å². The van der Waals surface area contributed by atoms with Crippen molar-refractivity contribution in [2.45, 2.75) is 19.8 Å². The lowest BCUT2D eigenvalue weighted by atomic mass is 9.85. The van der Waals surface area contributed by atoms with Crippen molar-refractivity contribution < 1.29 is 0 Å². The number of hydrogen-bond donors (Lipinski definition) is 0. The fourth-order valence-corrected chi connectivity index (χ4v) is 3.96. The van der Waals surface area contributed by atoms with E-state index in [4.69, 9.17) is 11.6 Å². The van der Waals surface area contributed by atoms with E-state index in [0.29, 0.717) is 0 Å². The van der Waals surface area contributed by atoms with Crippen LogP contribution >= 0.6 is 11.6 Å². The van der Waals surface area contributed by atoms with Crippen molar-refractivity contribution in [3.8, 4) is 11.1 Å². The van der Waals surface area contributed by atoms with Gasteiger partial charge in [-0.15, -0.1) is 0 Å². The van der Waals surface area contributed by atoms with Crippen LogP contribution in [0.15, 0.2) is 60.7 Å². The fourth-order valence-electron chi connectivity index (χ4n) is 3.76. The zero-order chi connectivity index (χ0) is 15.3. The van der Waals surface area contributed by atoms with E-state index in [1.54, 1.807) is 0 Å². The van der Waals surface area contributed by atoms with Crippen molar-refractivity contribution in [3.05, 3.63) is 93.5 Å². The van der Waals surface area contributed by atoms with Gasteiger partial charge >= 0.3 is 0 Å². The van der Waals surface area contributed by atoms with Gasteiger partial charge in [0.15, 0.2) is 0 Å². The zero-order valence-electron chi connectivity index (χ0n) is 12.7. The molecule has 0 bridgehead atoms. The SMILES string of the molecule is Cc1cccc2c1C(c1cccc(Cl)c1)c1c(C)cccc1-2. The first-order chi connectivity index (χ1) is 10.7. The van der Waals surface area contributed by atoms with Gasteiger partial charge in [0, 0.05) is 10.9 Å². The third kappa shape index (κ3) is 1.91. The van der Waals surface area contributed by atoms with Crippen LogP contribution in [0.5, 0.6) is 0 Å². The Kier molecular flexibility index (Phi) is 3.09. The minimum atomic E-state index is 0.283. The van der Waals surface area contributed by atoms with Crippen LogP contribution < -0.4 is 0 Å². The topological polar surface area (TPSA) is 0 Å². The predicted molar refractivity (Wildman–Crippen MR) is 93.7 cm³/mol. The molecule has 0 saturated heterocycles. The van der Waals surface area contributed by atoms with E-state index in [9.17, 15) is 0 Å². The first kappa shape index (κ1) is 13.6. The van der Waals surface area contributed by atoms with Crippen LogP contribution in [0.25, 0.3) is 11.1 Å². The number of benzene rings is 3. The van der Waals surface area contributed by atoms with Crippen LogP contribution in [0.3, 0.4) is 0 Å². The van der Waals surface area contributed by atoms with Crippen molar-refractivity contribution in [3.63, 3.8) is 0 Å². The molecule has 0 unspecified atom stereocenters. The van der Waals surface area contributed by atoms with Crippen LogP contribution in [0.1, 0.15) is 33.7 Å². The molecule has 0 atom stereocenters. The average molecular weight is 305 g/mol. The lowest BCUT2D eigenvalue weighted by molar-refractivity contribution is 0.986. The molecular weight excluding hydrogens is 288 g/mol. The Morgan fingerprint density at radius 3 is 1.82 bits per heavy atom. The molecule has 108 valence electrons. The third-order valence-corrected chi connectivity index (χ3v) is 4.93. The molecular formula is C21H17Cl. The molecule has 0 amide bonds. The number of halogens is 1. The fraction of sp³-hybridized carbons (Fsp3) is 0.143. The molecule has 1 heteroatoms. The molecule has 0 spiro atoms. The standard InChI is InChI=1S/C21H17Cl/c1-13-6-3-10-17-18-11-4-7-14(2)20(18)21(19(13)17)15-8-5-9-16(22)12-15/h3-12,21H,1-2H3. The normalized spacial score (nSPS) is 13.0. The molecule has 3 aromatic rings. The lowest BCUT2D eigenvalue weighted by Gasteiger charge is -2.18. The van der Waals surface area contributed by atoms with Gasteiger partial charge in [0.05, 0.1) is 0 Å². The van der Waals surface area contributed by atoms with Gasteiger partial charge in [-0.2, -0.15) is 0 Å². The van der Waals surface area contributed by atoms with Crippen molar-refractivity contribution in [1.82, 2.24) is 0 Å².